The minimum absolute atomic E-state index is 0.559. The topological polar surface area (TPSA) is 64.3 Å². The molecule has 5 aromatic rings. The molecule has 3 heterocycles. The lowest BCUT2D eigenvalue weighted by molar-refractivity contribution is 0.462. The van der Waals surface area contributed by atoms with Crippen molar-refractivity contribution < 1.29 is 4.74 Å². The van der Waals surface area contributed by atoms with Gasteiger partial charge in [-0.2, -0.15) is 9.61 Å². The number of ether oxygens (including phenoxy) is 1. The number of hydrogen-bond donors (Lipinski definition) is 1. The fourth-order valence-corrected chi connectivity index (χ4v) is 3.54. The fourth-order valence-electron chi connectivity index (χ4n) is 3.20. The largest absolute Gasteiger partial charge is 0.439 e. The summed E-state index contributed by atoms with van der Waals surface area (Å²) < 4.78 is 8.40. The monoisotopic (exact) mass is 471 g/mol. The number of para-hydroxylation sites is 1. The first kappa shape index (κ1) is 19.3. The zero-order valence-corrected chi connectivity index (χ0v) is 18.0. The molecule has 0 fully saturated rings. The summed E-state index contributed by atoms with van der Waals surface area (Å²) in [5.41, 5.74) is 3.71. The lowest BCUT2D eigenvalue weighted by atomic mass is 10.1. The number of anilines is 1. The van der Waals surface area contributed by atoms with Gasteiger partial charge >= 0.3 is 0 Å². The van der Waals surface area contributed by atoms with Crippen molar-refractivity contribution in [3.63, 3.8) is 0 Å². The molecule has 0 atom stereocenters. The van der Waals surface area contributed by atoms with Gasteiger partial charge in [0.2, 0.25) is 5.88 Å². The third kappa shape index (κ3) is 4.27. The van der Waals surface area contributed by atoms with E-state index in [0.717, 1.165) is 38.5 Å². The van der Waals surface area contributed by atoms with Crippen LogP contribution in [0.5, 0.6) is 11.6 Å². The highest BCUT2D eigenvalue weighted by Crippen LogP contribution is 2.26. The quantitative estimate of drug-likeness (QED) is 0.331. The molecule has 7 heteroatoms. The van der Waals surface area contributed by atoms with Crippen LogP contribution in [0.3, 0.4) is 0 Å². The lowest BCUT2D eigenvalue weighted by Gasteiger charge is -2.11. The Morgan fingerprint density at radius 1 is 0.903 bits per heavy atom. The number of benzene rings is 2. The maximum atomic E-state index is 5.76. The Balaban J connectivity index is 1.37. The summed E-state index contributed by atoms with van der Waals surface area (Å²) >= 11 is 3.54. The van der Waals surface area contributed by atoms with Crippen molar-refractivity contribution in [2.24, 2.45) is 0 Å². The summed E-state index contributed by atoms with van der Waals surface area (Å²) in [7, 11) is 0. The van der Waals surface area contributed by atoms with Crippen molar-refractivity contribution in [2.75, 3.05) is 5.32 Å². The third-order valence-electron chi connectivity index (χ3n) is 4.74. The second-order valence-corrected chi connectivity index (χ2v) is 7.75. The van der Waals surface area contributed by atoms with E-state index in [4.69, 9.17) is 9.72 Å². The van der Waals surface area contributed by atoms with E-state index in [0.29, 0.717) is 12.4 Å². The second-order valence-electron chi connectivity index (χ2n) is 6.89. The normalized spacial score (nSPS) is 10.9. The second kappa shape index (κ2) is 8.57. The summed E-state index contributed by atoms with van der Waals surface area (Å²) in [6.07, 6.45) is 3.56. The highest BCUT2D eigenvalue weighted by molar-refractivity contribution is 9.10. The van der Waals surface area contributed by atoms with E-state index in [-0.39, 0.29) is 0 Å². The Bertz CT molecular complexity index is 1300. The molecule has 2 aromatic carbocycles. The van der Waals surface area contributed by atoms with Crippen LogP contribution in [0.2, 0.25) is 0 Å². The van der Waals surface area contributed by atoms with E-state index in [1.807, 2.05) is 78.9 Å². The van der Waals surface area contributed by atoms with E-state index < -0.39 is 0 Å². The molecule has 0 unspecified atom stereocenters. The molecule has 0 radical (unpaired) electrons. The Hall–Kier alpha value is -3.71. The number of aromatic nitrogens is 4. The summed E-state index contributed by atoms with van der Waals surface area (Å²) in [5, 5.41) is 7.89. The van der Waals surface area contributed by atoms with Crippen molar-refractivity contribution >= 4 is 27.4 Å². The van der Waals surface area contributed by atoms with Crippen molar-refractivity contribution in [1.82, 2.24) is 19.6 Å². The van der Waals surface area contributed by atoms with Crippen LogP contribution in [0.15, 0.2) is 95.7 Å². The summed E-state index contributed by atoms with van der Waals surface area (Å²) in [5.74, 6) is 2.17. The highest BCUT2D eigenvalue weighted by atomic mass is 79.9. The number of nitrogens with zero attached hydrogens (tertiary/aromatic N) is 4. The zero-order chi connectivity index (χ0) is 21.0. The van der Waals surface area contributed by atoms with Crippen molar-refractivity contribution in [1.29, 1.82) is 0 Å². The zero-order valence-electron chi connectivity index (χ0n) is 16.4. The van der Waals surface area contributed by atoms with E-state index in [1.54, 1.807) is 16.9 Å². The van der Waals surface area contributed by atoms with Gasteiger partial charge in [0, 0.05) is 30.4 Å². The standard InChI is InChI=1S/C24H18BrN5O/c25-20-16-28-30-22(13-21(29-24(20)30)18-7-3-1-4-8-18)26-14-17-11-12-23(27-15-17)31-19-9-5-2-6-10-19/h1-13,15-16,26H,14H2. The molecule has 3 aromatic heterocycles. The fraction of sp³-hybridized carbons (Fsp3) is 0.0417. The smallest absolute Gasteiger partial charge is 0.219 e. The van der Waals surface area contributed by atoms with E-state index in [9.17, 15) is 0 Å². The summed E-state index contributed by atoms with van der Waals surface area (Å²) in [6.45, 7) is 0.587. The van der Waals surface area contributed by atoms with E-state index in [2.05, 4.69) is 31.3 Å². The Labute approximate surface area is 187 Å². The van der Waals surface area contributed by atoms with Crippen LogP contribution in [0, 0.1) is 0 Å². The molecule has 0 saturated carbocycles. The Morgan fingerprint density at radius 3 is 2.42 bits per heavy atom. The molecule has 0 saturated heterocycles. The number of fused-ring (bicyclic) bond motifs is 1. The predicted molar refractivity (Wildman–Crippen MR) is 124 cm³/mol. The molecule has 31 heavy (non-hydrogen) atoms. The number of nitrogens with one attached hydrogen (secondary N) is 1. The molecule has 0 aliphatic heterocycles. The number of halogens is 1. The van der Waals surface area contributed by atoms with Crippen LogP contribution in [0.25, 0.3) is 16.9 Å². The van der Waals surface area contributed by atoms with Gasteiger partial charge in [-0.3, -0.25) is 0 Å². The summed E-state index contributed by atoms with van der Waals surface area (Å²) in [6, 6.07) is 25.6. The maximum absolute atomic E-state index is 5.76. The molecule has 1 N–H and O–H groups in total. The SMILES string of the molecule is Brc1cnn2c(NCc3ccc(Oc4ccccc4)nc3)cc(-c3ccccc3)nc12. The molecule has 0 aliphatic rings. The minimum Gasteiger partial charge on any atom is -0.439 e. The highest BCUT2D eigenvalue weighted by Gasteiger charge is 2.11. The number of pyridine rings is 1. The molecule has 152 valence electrons. The molecule has 0 aliphatic carbocycles. The van der Waals surface area contributed by atoms with Crippen LogP contribution in [-0.4, -0.2) is 19.6 Å². The van der Waals surface area contributed by atoms with Crippen LogP contribution in [-0.2, 0) is 6.54 Å². The first-order valence-corrected chi connectivity index (χ1v) is 10.6. The van der Waals surface area contributed by atoms with Crippen LogP contribution in [0.4, 0.5) is 5.82 Å². The first-order valence-electron chi connectivity index (χ1n) is 9.78. The van der Waals surface area contributed by atoms with E-state index in [1.165, 1.54) is 0 Å². The number of rotatable bonds is 6. The Morgan fingerprint density at radius 2 is 1.68 bits per heavy atom. The Kier molecular flexibility index (Phi) is 5.33. The van der Waals surface area contributed by atoms with Gasteiger partial charge in [-0.1, -0.05) is 54.6 Å². The van der Waals surface area contributed by atoms with Gasteiger partial charge < -0.3 is 10.1 Å². The molecule has 0 amide bonds. The van der Waals surface area contributed by atoms with Gasteiger partial charge in [-0.25, -0.2) is 9.97 Å². The third-order valence-corrected chi connectivity index (χ3v) is 5.29. The average Bonchev–Trinajstić information content (AvgIpc) is 3.20. The minimum atomic E-state index is 0.559. The van der Waals surface area contributed by atoms with Gasteiger partial charge in [-0.05, 0) is 33.6 Å². The maximum Gasteiger partial charge on any atom is 0.219 e. The lowest BCUT2D eigenvalue weighted by Crippen LogP contribution is -2.07. The van der Waals surface area contributed by atoms with Crippen molar-refractivity contribution in [3.05, 3.63) is 101 Å². The van der Waals surface area contributed by atoms with Gasteiger partial charge in [0.05, 0.1) is 16.4 Å². The first-order chi connectivity index (χ1) is 15.3. The molecular formula is C24H18BrN5O. The summed E-state index contributed by atoms with van der Waals surface area (Å²) in [4.78, 5) is 9.17. The van der Waals surface area contributed by atoms with Gasteiger partial charge in [0.15, 0.2) is 5.65 Å². The van der Waals surface area contributed by atoms with Gasteiger partial charge in [-0.15, -0.1) is 0 Å². The molecule has 0 bridgehead atoms. The average molecular weight is 472 g/mol. The molecule has 0 spiro atoms. The molecular weight excluding hydrogens is 454 g/mol. The molecule has 6 nitrogen and oxygen atoms in total. The van der Waals surface area contributed by atoms with Crippen molar-refractivity contribution in [2.45, 2.75) is 6.54 Å². The predicted octanol–water partition coefficient (Wildman–Crippen LogP) is 5.96. The van der Waals surface area contributed by atoms with E-state index >= 15 is 0 Å². The van der Waals surface area contributed by atoms with Crippen LogP contribution >= 0.6 is 15.9 Å². The number of hydrogen-bond acceptors (Lipinski definition) is 5. The molecule has 5 rings (SSSR count). The van der Waals surface area contributed by atoms with Gasteiger partial charge in [0.25, 0.3) is 0 Å². The van der Waals surface area contributed by atoms with Gasteiger partial charge in [0.1, 0.15) is 11.6 Å². The van der Waals surface area contributed by atoms with Crippen LogP contribution < -0.4 is 10.1 Å². The van der Waals surface area contributed by atoms with Crippen molar-refractivity contribution in [3.8, 4) is 22.9 Å². The van der Waals surface area contributed by atoms with Crippen LogP contribution in [0.1, 0.15) is 5.56 Å².